The summed E-state index contributed by atoms with van der Waals surface area (Å²) in [5.41, 5.74) is 14.0. The molecule has 0 amide bonds. The van der Waals surface area contributed by atoms with Gasteiger partial charge in [-0.3, -0.25) is 0 Å². The van der Waals surface area contributed by atoms with E-state index in [0.717, 1.165) is 50.1 Å². The Kier molecular flexibility index (Phi) is 4.82. The maximum Gasteiger partial charge on any atom is 0.166 e. The highest BCUT2D eigenvalue weighted by Crippen LogP contribution is 2.36. The van der Waals surface area contributed by atoms with Crippen LogP contribution in [0.15, 0.2) is 97.1 Å². The predicted molar refractivity (Wildman–Crippen MR) is 141 cm³/mol. The van der Waals surface area contributed by atoms with Crippen molar-refractivity contribution >= 4 is 33.8 Å². The van der Waals surface area contributed by atoms with Crippen LogP contribution < -0.4 is 5.73 Å². The Morgan fingerprint density at radius 3 is 2.29 bits per heavy atom. The van der Waals surface area contributed by atoms with Gasteiger partial charge in [0.05, 0.1) is 17.0 Å². The largest absolute Gasteiger partial charge is 0.382 e. The average molecular weight is 461 g/mol. The molecule has 6 aromatic rings. The molecule has 0 fully saturated rings. The standard InChI is InChI=1S/C29H21ClN4/c1-18-9-11-21(12-10-18)27-28(31)33-34-26(24-8-4-6-19-5-2-3-7-23(19)24)17-25(32-29(27)34)20-13-15-22(30)16-14-20/h2-17H,1H3,(H2,31,33). The van der Waals surface area contributed by atoms with Crippen LogP contribution in [0.1, 0.15) is 5.56 Å². The van der Waals surface area contributed by atoms with E-state index in [1.54, 1.807) is 0 Å². The smallest absolute Gasteiger partial charge is 0.166 e. The molecule has 0 bridgehead atoms. The summed E-state index contributed by atoms with van der Waals surface area (Å²) in [7, 11) is 0. The van der Waals surface area contributed by atoms with Gasteiger partial charge in [-0.1, -0.05) is 96.0 Å². The van der Waals surface area contributed by atoms with Crippen molar-refractivity contribution in [1.82, 2.24) is 14.6 Å². The summed E-state index contributed by atoms with van der Waals surface area (Å²) in [5, 5.41) is 7.75. The monoisotopic (exact) mass is 460 g/mol. The summed E-state index contributed by atoms with van der Waals surface area (Å²) in [5.74, 6) is 0.450. The van der Waals surface area contributed by atoms with E-state index in [0.29, 0.717) is 10.8 Å². The van der Waals surface area contributed by atoms with Gasteiger partial charge in [0.1, 0.15) is 0 Å². The average Bonchev–Trinajstić information content (AvgIpc) is 3.20. The Hall–Kier alpha value is -4.15. The Labute approximate surface area is 202 Å². The summed E-state index contributed by atoms with van der Waals surface area (Å²) < 4.78 is 1.87. The molecule has 4 aromatic carbocycles. The van der Waals surface area contributed by atoms with Gasteiger partial charge in [0.25, 0.3) is 0 Å². The van der Waals surface area contributed by atoms with Crippen LogP contribution in [0.2, 0.25) is 5.02 Å². The summed E-state index contributed by atoms with van der Waals surface area (Å²) in [6.45, 7) is 2.07. The van der Waals surface area contributed by atoms with E-state index in [1.165, 1.54) is 5.56 Å². The fourth-order valence-corrected chi connectivity index (χ4v) is 4.57. The quantitative estimate of drug-likeness (QED) is 0.299. The minimum Gasteiger partial charge on any atom is -0.382 e. The number of benzene rings is 4. The van der Waals surface area contributed by atoms with Gasteiger partial charge in [0.2, 0.25) is 0 Å². The number of nitrogens with zero attached hydrogens (tertiary/aromatic N) is 3. The third-order valence-corrected chi connectivity index (χ3v) is 6.41. The van der Waals surface area contributed by atoms with Crippen molar-refractivity contribution in [3.63, 3.8) is 0 Å². The lowest BCUT2D eigenvalue weighted by atomic mass is 10.0. The Balaban J connectivity index is 1.71. The Morgan fingerprint density at radius 1 is 0.794 bits per heavy atom. The molecule has 0 unspecified atom stereocenters. The molecule has 0 saturated heterocycles. The van der Waals surface area contributed by atoms with Gasteiger partial charge in [-0.15, -0.1) is 5.10 Å². The number of nitrogen functional groups attached to an aromatic ring is 1. The SMILES string of the molecule is Cc1ccc(-c2c(N)nn3c(-c4cccc5ccccc45)cc(-c4ccc(Cl)cc4)nc23)cc1. The molecule has 2 N–H and O–H groups in total. The molecule has 4 nitrogen and oxygen atoms in total. The first kappa shape index (κ1) is 20.5. The third-order valence-electron chi connectivity index (χ3n) is 6.16. The molecule has 5 heteroatoms. The molecule has 6 rings (SSSR count). The van der Waals surface area contributed by atoms with Crippen molar-refractivity contribution in [2.45, 2.75) is 6.92 Å². The van der Waals surface area contributed by atoms with Crippen molar-refractivity contribution in [2.75, 3.05) is 5.73 Å². The van der Waals surface area contributed by atoms with Gasteiger partial charge in [0, 0.05) is 16.1 Å². The molecule has 2 aromatic heterocycles. The first-order chi connectivity index (χ1) is 16.6. The minimum atomic E-state index is 0.450. The topological polar surface area (TPSA) is 56.2 Å². The summed E-state index contributed by atoms with van der Waals surface area (Å²) in [4.78, 5) is 5.04. The number of aryl methyl sites for hydroxylation is 1. The van der Waals surface area contributed by atoms with Crippen LogP contribution in [-0.4, -0.2) is 14.6 Å². The van der Waals surface area contributed by atoms with E-state index in [-0.39, 0.29) is 0 Å². The highest BCUT2D eigenvalue weighted by molar-refractivity contribution is 6.30. The summed E-state index contributed by atoms with van der Waals surface area (Å²) in [6, 6.07) is 32.7. The van der Waals surface area contributed by atoms with Crippen molar-refractivity contribution in [3.8, 4) is 33.6 Å². The zero-order valence-electron chi connectivity index (χ0n) is 18.5. The number of nitrogens with two attached hydrogens (primary N) is 1. The molecule has 164 valence electrons. The van der Waals surface area contributed by atoms with Crippen LogP contribution in [0.25, 0.3) is 50.1 Å². The van der Waals surface area contributed by atoms with Crippen LogP contribution >= 0.6 is 11.6 Å². The number of anilines is 1. The van der Waals surface area contributed by atoms with Gasteiger partial charge in [0.15, 0.2) is 11.5 Å². The highest BCUT2D eigenvalue weighted by Gasteiger charge is 2.20. The molecular formula is C29H21ClN4. The van der Waals surface area contributed by atoms with E-state index < -0.39 is 0 Å². The molecule has 0 aliphatic carbocycles. The highest BCUT2D eigenvalue weighted by atomic mass is 35.5. The van der Waals surface area contributed by atoms with Crippen molar-refractivity contribution < 1.29 is 0 Å². The first-order valence-electron chi connectivity index (χ1n) is 11.1. The molecule has 0 spiro atoms. The second-order valence-corrected chi connectivity index (χ2v) is 8.86. The summed E-state index contributed by atoms with van der Waals surface area (Å²) >= 11 is 6.16. The van der Waals surface area contributed by atoms with E-state index in [2.05, 4.69) is 79.7 Å². The van der Waals surface area contributed by atoms with Gasteiger partial charge < -0.3 is 5.73 Å². The number of hydrogen-bond acceptors (Lipinski definition) is 3. The fourth-order valence-electron chi connectivity index (χ4n) is 4.44. The van der Waals surface area contributed by atoms with E-state index in [9.17, 15) is 0 Å². The van der Waals surface area contributed by atoms with Crippen LogP contribution in [-0.2, 0) is 0 Å². The molecule has 0 saturated carbocycles. The molecule has 0 radical (unpaired) electrons. The predicted octanol–water partition coefficient (Wildman–Crippen LogP) is 7.43. The van der Waals surface area contributed by atoms with E-state index in [1.807, 2.05) is 28.8 Å². The second-order valence-electron chi connectivity index (χ2n) is 8.42. The molecule has 2 heterocycles. The summed E-state index contributed by atoms with van der Waals surface area (Å²) in [6.07, 6.45) is 0. The second kappa shape index (κ2) is 8.01. The van der Waals surface area contributed by atoms with E-state index >= 15 is 0 Å². The fraction of sp³-hybridized carbons (Fsp3) is 0.0345. The van der Waals surface area contributed by atoms with Gasteiger partial charge in [-0.05, 0) is 41.5 Å². The van der Waals surface area contributed by atoms with Crippen LogP contribution in [0.3, 0.4) is 0 Å². The molecule has 34 heavy (non-hydrogen) atoms. The van der Waals surface area contributed by atoms with Crippen molar-refractivity contribution in [3.05, 3.63) is 108 Å². The lowest BCUT2D eigenvalue weighted by Crippen LogP contribution is -1.99. The zero-order chi connectivity index (χ0) is 23.2. The van der Waals surface area contributed by atoms with Gasteiger partial charge in [-0.2, -0.15) is 0 Å². The minimum absolute atomic E-state index is 0.450. The van der Waals surface area contributed by atoms with Crippen LogP contribution in [0, 0.1) is 6.92 Å². The number of rotatable bonds is 3. The van der Waals surface area contributed by atoms with Crippen molar-refractivity contribution in [1.29, 1.82) is 0 Å². The van der Waals surface area contributed by atoms with Gasteiger partial charge >= 0.3 is 0 Å². The zero-order valence-corrected chi connectivity index (χ0v) is 19.3. The third kappa shape index (κ3) is 3.40. The maximum absolute atomic E-state index is 6.50. The molecule has 0 aliphatic rings. The Morgan fingerprint density at radius 2 is 1.50 bits per heavy atom. The number of fused-ring (bicyclic) bond motifs is 2. The van der Waals surface area contributed by atoms with Crippen molar-refractivity contribution in [2.24, 2.45) is 0 Å². The number of hydrogen-bond donors (Lipinski definition) is 1. The Bertz CT molecular complexity index is 1660. The van der Waals surface area contributed by atoms with Crippen LogP contribution in [0.4, 0.5) is 5.82 Å². The molecular weight excluding hydrogens is 440 g/mol. The van der Waals surface area contributed by atoms with E-state index in [4.69, 9.17) is 27.4 Å². The van der Waals surface area contributed by atoms with Gasteiger partial charge in [-0.25, -0.2) is 9.50 Å². The number of aromatic nitrogens is 3. The lowest BCUT2D eigenvalue weighted by Gasteiger charge is -2.12. The molecule has 0 aliphatic heterocycles. The lowest BCUT2D eigenvalue weighted by molar-refractivity contribution is 0.956. The maximum atomic E-state index is 6.50. The normalized spacial score (nSPS) is 11.4. The number of halogens is 1. The molecule has 0 atom stereocenters. The van der Waals surface area contributed by atoms with Crippen LogP contribution in [0.5, 0.6) is 0 Å². The first-order valence-corrected chi connectivity index (χ1v) is 11.5.